The Morgan fingerprint density at radius 2 is 0.790 bits per heavy atom. The fraction of sp³-hybridized carbons (Fsp3) is 0.100. The normalized spacial score (nSPS) is 12.2. The Bertz CT molecular complexity index is 2530. The van der Waals surface area contributed by atoms with Gasteiger partial charge in [0, 0.05) is 0 Å². The Labute approximate surface area is 392 Å². The molecule has 318 valence electrons. The standard InChI is InChI=1S/C40H26Cl8N8O6/c1-17(57)35(55-53-27-13-3-7-19(31(27)45)37(59)49-25-11-5-9-21(41)33(25)47)39(61)51-29-15-24(44)30(16-23(29)43)52-40(62)36(18(2)58)56-54-28-14-4-8-20(32(28)46)38(60)50-26-12-6-10-22(42)34(26)48/h3-16,35-36H,1-2H3,(H,49,59)(H,50,60)(H,51,61)(H,52,62). The Morgan fingerprint density at radius 1 is 0.435 bits per heavy atom. The van der Waals surface area contributed by atoms with Crippen LogP contribution in [0.25, 0.3) is 0 Å². The highest BCUT2D eigenvalue weighted by molar-refractivity contribution is 6.45. The number of anilines is 4. The van der Waals surface area contributed by atoms with E-state index in [4.69, 9.17) is 92.8 Å². The zero-order valence-corrected chi connectivity index (χ0v) is 37.5. The summed E-state index contributed by atoms with van der Waals surface area (Å²) in [6, 6.07) is 16.8. The summed E-state index contributed by atoms with van der Waals surface area (Å²) in [6.45, 7) is 2.19. The lowest BCUT2D eigenvalue weighted by Crippen LogP contribution is -2.32. The van der Waals surface area contributed by atoms with Gasteiger partial charge in [0.15, 0.2) is 11.6 Å². The van der Waals surface area contributed by atoms with Gasteiger partial charge in [-0.3, -0.25) is 28.8 Å². The van der Waals surface area contributed by atoms with Crippen LogP contribution in [0.2, 0.25) is 40.2 Å². The average molecular weight is 998 g/mol. The van der Waals surface area contributed by atoms with E-state index in [1.807, 2.05) is 0 Å². The lowest BCUT2D eigenvalue weighted by molar-refractivity contribution is -0.127. The van der Waals surface area contributed by atoms with Crippen molar-refractivity contribution in [2.24, 2.45) is 20.5 Å². The number of hydrogen-bond acceptors (Lipinski definition) is 10. The van der Waals surface area contributed by atoms with Crippen LogP contribution in [0, 0.1) is 0 Å². The Morgan fingerprint density at radius 3 is 1.15 bits per heavy atom. The van der Waals surface area contributed by atoms with Crippen molar-refractivity contribution in [3.63, 3.8) is 0 Å². The third-order valence-corrected chi connectivity index (χ3v) is 11.3. The van der Waals surface area contributed by atoms with Crippen LogP contribution in [0.15, 0.2) is 105 Å². The fourth-order valence-corrected chi connectivity index (χ4v) is 6.76. The van der Waals surface area contributed by atoms with Gasteiger partial charge in [0.1, 0.15) is 11.4 Å². The van der Waals surface area contributed by atoms with Gasteiger partial charge in [-0.2, -0.15) is 20.5 Å². The van der Waals surface area contributed by atoms with Gasteiger partial charge in [0.05, 0.1) is 74.1 Å². The van der Waals surface area contributed by atoms with Crippen molar-refractivity contribution in [2.45, 2.75) is 25.9 Å². The molecule has 0 saturated carbocycles. The van der Waals surface area contributed by atoms with Gasteiger partial charge >= 0.3 is 0 Å². The van der Waals surface area contributed by atoms with E-state index in [1.165, 1.54) is 60.7 Å². The molecule has 0 radical (unpaired) electrons. The van der Waals surface area contributed by atoms with Crippen molar-refractivity contribution < 1.29 is 28.8 Å². The monoisotopic (exact) mass is 994 g/mol. The molecule has 0 aliphatic carbocycles. The molecule has 22 heteroatoms. The topological polar surface area (TPSA) is 200 Å². The molecular formula is C40H26Cl8N8O6. The molecule has 62 heavy (non-hydrogen) atoms. The molecule has 0 heterocycles. The second-order valence-corrected chi connectivity index (χ2v) is 15.8. The SMILES string of the molecule is CC(=O)C(N=Nc1cccc(C(=O)Nc2cccc(Cl)c2Cl)c1Cl)C(=O)Nc1cc(Cl)c(NC(=O)C(N=Nc2cccc(C(=O)Nc3cccc(Cl)c3Cl)c2Cl)C(C)=O)cc1Cl. The molecule has 5 rings (SSSR count). The van der Waals surface area contributed by atoms with E-state index in [0.29, 0.717) is 0 Å². The number of nitrogens with zero attached hydrogens (tertiary/aromatic N) is 4. The van der Waals surface area contributed by atoms with Crippen LogP contribution < -0.4 is 21.3 Å². The second-order valence-electron chi connectivity index (χ2n) is 12.6. The molecule has 0 aromatic heterocycles. The lowest BCUT2D eigenvalue weighted by Gasteiger charge is -2.15. The highest BCUT2D eigenvalue weighted by Gasteiger charge is 2.27. The number of azo groups is 2. The first-order valence-electron chi connectivity index (χ1n) is 17.4. The molecule has 0 saturated heterocycles. The minimum Gasteiger partial charge on any atom is -0.322 e. The number of ketones is 2. The molecule has 0 aliphatic rings. The maximum absolute atomic E-state index is 13.3. The minimum atomic E-state index is -1.71. The fourth-order valence-electron chi connectivity index (χ4n) is 5.14. The zero-order valence-electron chi connectivity index (χ0n) is 31.5. The summed E-state index contributed by atoms with van der Waals surface area (Å²) in [6.07, 6.45) is 0. The lowest BCUT2D eigenvalue weighted by atomic mass is 10.1. The molecule has 5 aromatic rings. The Kier molecular flexibility index (Phi) is 16.4. The van der Waals surface area contributed by atoms with Crippen molar-refractivity contribution in [2.75, 3.05) is 21.3 Å². The summed E-state index contributed by atoms with van der Waals surface area (Å²) >= 11 is 50.2. The predicted molar refractivity (Wildman–Crippen MR) is 243 cm³/mol. The number of Topliss-reactive ketones (excluding diaryl/α,β-unsaturated/α-hetero) is 2. The molecule has 0 fully saturated rings. The van der Waals surface area contributed by atoms with Gasteiger partial charge in [0.2, 0.25) is 12.1 Å². The summed E-state index contributed by atoms with van der Waals surface area (Å²) < 4.78 is 0. The van der Waals surface area contributed by atoms with Crippen molar-refractivity contribution in [1.82, 2.24) is 0 Å². The first-order chi connectivity index (χ1) is 29.4. The van der Waals surface area contributed by atoms with E-state index >= 15 is 0 Å². The Hall–Kier alpha value is -5.16. The molecule has 4 N–H and O–H groups in total. The number of halogens is 8. The smallest absolute Gasteiger partial charge is 0.258 e. The van der Waals surface area contributed by atoms with Crippen LogP contribution in [0.4, 0.5) is 34.1 Å². The van der Waals surface area contributed by atoms with E-state index in [9.17, 15) is 28.8 Å². The van der Waals surface area contributed by atoms with Crippen molar-refractivity contribution in [3.05, 3.63) is 136 Å². The first kappa shape index (κ1) is 47.9. The van der Waals surface area contributed by atoms with E-state index in [-0.39, 0.29) is 85.4 Å². The van der Waals surface area contributed by atoms with E-state index in [1.54, 1.807) is 24.3 Å². The highest BCUT2D eigenvalue weighted by Crippen LogP contribution is 2.36. The summed E-state index contributed by atoms with van der Waals surface area (Å²) in [5.74, 6) is -4.69. The number of carbonyl (C=O) groups is 6. The molecule has 2 atom stereocenters. The predicted octanol–water partition coefficient (Wildman–Crippen LogP) is 12.8. The van der Waals surface area contributed by atoms with E-state index < -0.39 is 47.3 Å². The molecule has 0 spiro atoms. The van der Waals surface area contributed by atoms with Gasteiger partial charge < -0.3 is 21.3 Å². The maximum atomic E-state index is 13.3. The third-order valence-electron chi connectivity index (χ3n) is 8.25. The van der Waals surface area contributed by atoms with Crippen molar-refractivity contribution in [3.8, 4) is 0 Å². The van der Waals surface area contributed by atoms with Crippen LogP contribution >= 0.6 is 92.8 Å². The quantitative estimate of drug-likeness (QED) is 0.0630. The van der Waals surface area contributed by atoms with E-state index in [0.717, 1.165) is 13.8 Å². The number of benzene rings is 5. The molecule has 5 aromatic carbocycles. The Balaban J connectivity index is 1.27. The van der Waals surface area contributed by atoms with Crippen LogP contribution in [0.5, 0.6) is 0 Å². The van der Waals surface area contributed by atoms with Crippen molar-refractivity contribution >= 4 is 162 Å². The van der Waals surface area contributed by atoms with Gasteiger partial charge in [-0.1, -0.05) is 117 Å². The number of amides is 4. The molecule has 0 bridgehead atoms. The van der Waals surface area contributed by atoms with Crippen LogP contribution in [0.3, 0.4) is 0 Å². The maximum Gasteiger partial charge on any atom is 0.258 e. The number of carbonyl (C=O) groups excluding carboxylic acids is 6. The molecule has 2 unspecified atom stereocenters. The summed E-state index contributed by atoms with van der Waals surface area (Å²) in [5, 5.41) is 25.8. The van der Waals surface area contributed by atoms with E-state index in [2.05, 4.69) is 41.7 Å². The number of hydrogen-bond donors (Lipinski definition) is 4. The van der Waals surface area contributed by atoms with Gasteiger partial charge in [-0.25, -0.2) is 0 Å². The van der Waals surface area contributed by atoms with Gasteiger partial charge in [0.25, 0.3) is 23.6 Å². The minimum absolute atomic E-state index is 0.0212. The third kappa shape index (κ3) is 11.6. The van der Waals surface area contributed by atoms with Gasteiger partial charge in [-0.15, -0.1) is 0 Å². The highest BCUT2D eigenvalue weighted by atomic mass is 35.5. The number of rotatable bonds is 14. The molecule has 4 amide bonds. The summed E-state index contributed by atoms with van der Waals surface area (Å²) in [5.41, 5.74) is 0.161. The van der Waals surface area contributed by atoms with Crippen LogP contribution in [0.1, 0.15) is 34.6 Å². The molecule has 0 aliphatic heterocycles. The first-order valence-corrected chi connectivity index (χ1v) is 20.4. The number of nitrogens with one attached hydrogen (secondary N) is 4. The van der Waals surface area contributed by atoms with Crippen molar-refractivity contribution in [1.29, 1.82) is 0 Å². The second kappa shape index (κ2) is 21.3. The summed E-state index contributed by atoms with van der Waals surface area (Å²) in [4.78, 5) is 77.7. The largest absolute Gasteiger partial charge is 0.322 e. The zero-order chi connectivity index (χ0) is 45.4. The molecule has 14 nitrogen and oxygen atoms in total. The van der Waals surface area contributed by atoms with Crippen LogP contribution in [-0.2, 0) is 19.2 Å². The average Bonchev–Trinajstić information content (AvgIpc) is 3.21. The van der Waals surface area contributed by atoms with Crippen LogP contribution in [-0.4, -0.2) is 47.3 Å². The van der Waals surface area contributed by atoms with Gasteiger partial charge in [-0.05, 0) is 74.5 Å². The molecular weight excluding hydrogens is 972 g/mol. The summed E-state index contributed by atoms with van der Waals surface area (Å²) in [7, 11) is 0.